The van der Waals surface area contributed by atoms with Gasteiger partial charge in [-0.25, -0.2) is 8.42 Å². The fourth-order valence-corrected chi connectivity index (χ4v) is 4.22. The second-order valence-corrected chi connectivity index (χ2v) is 8.40. The van der Waals surface area contributed by atoms with Crippen molar-refractivity contribution in [2.24, 2.45) is 0 Å². The zero-order chi connectivity index (χ0) is 20.3. The molecule has 0 fully saturated rings. The van der Waals surface area contributed by atoms with E-state index in [9.17, 15) is 8.42 Å². The summed E-state index contributed by atoms with van der Waals surface area (Å²) in [5.74, 6) is 1.11. The van der Waals surface area contributed by atoms with Crippen LogP contribution in [0.3, 0.4) is 0 Å². The van der Waals surface area contributed by atoms with Crippen molar-refractivity contribution >= 4 is 15.7 Å². The van der Waals surface area contributed by atoms with Gasteiger partial charge in [-0.1, -0.05) is 53.2 Å². The van der Waals surface area contributed by atoms with Crippen LogP contribution in [0.1, 0.15) is 22.6 Å². The molecule has 7 nitrogen and oxygen atoms in total. The van der Waals surface area contributed by atoms with Crippen LogP contribution in [0.5, 0.6) is 0 Å². The molecule has 0 radical (unpaired) electrons. The molecule has 0 saturated carbocycles. The van der Waals surface area contributed by atoms with Crippen molar-refractivity contribution in [1.29, 1.82) is 0 Å². The molecule has 2 aromatic heterocycles. The molecule has 4 aromatic rings. The monoisotopic (exact) mass is 409 g/mol. The minimum Gasteiger partial charge on any atom is -0.461 e. The minimum atomic E-state index is -3.58. The maximum absolute atomic E-state index is 12.7. The first-order chi connectivity index (χ1) is 14.0. The van der Waals surface area contributed by atoms with E-state index < -0.39 is 10.0 Å². The molecule has 0 unspecified atom stereocenters. The third kappa shape index (κ3) is 4.72. The van der Waals surface area contributed by atoms with Crippen molar-refractivity contribution in [3.05, 3.63) is 89.5 Å². The molecule has 1 N–H and O–H groups in total. The predicted molar refractivity (Wildman–Crippen MR) is 109 cm³/mol. The number of benzene rings is 2. The zero-order valence-electron chi connectivity index (χ0n) is 15.7. The Kier molecular flexibility index (Phi) is 5.18. The van der Waals surface area contributed by atoms with Crippen molar-refractivity contribution in [1.82, 2.24) is 10.1 Å². The van der Waals surface area contributed by atoms with Crippen LogP contribution in [0.2, 0.25) is 0 Å². The van der Waals surface area contributed by atoms with Crippen molar-refractivity contribution in [3.63, 3.8) is 0 Å². The first-order valence-electron chi connectivity index (χ1n) is 8.99. The number of aromatic nitrogens is 2. The van der Waals surface area contributed by atoms with Crippen LogP contribution in [0.4, 0.5) is 5.69 Å². The lowest BCUT2D eigenvalue weighted by molar-refractivity contribution is 0.384. The highest BCUT2D eigenvalue weighted by atomic mass is 32.2. The van der Waals surface area contributed by atoms with Crippen LogP contribution < -0.4 is 4.72 Å². The first kappa shape index (κ1) is 18.9. The summed E-state index contributed by atoms with van der Waals surface area (Å²) in [4.78, 5) is 4.31. The van der Waals surface area contributed by atoms with Gasteiger partial charge in [0, 0.05) is 0 Å². The van der Waals surface area contributed by atoms with E-state index in [0.717, 1.165) is 16.7 Å². The number of para-hydroxylation sites is 1. The highest BCUT2D eigenvalue weighted by Gasteiger charge is 2.17. The smallest absolute Gasteiger partial charge is 0.238 e. The highest BCUT2D eigenvalue weighted by Crippen LogP contribution is 2.23. The van der Waals surface area contributed by atoms with Crippen LogP contribution in [-0.4, -0.2) is 18.6 Å². The number of anilines is 1. The first-order valence-corrected chi connectivity index (χ1v) is 10.6. The topological polar surface area (TPSA) is 98.2 Å². The summed E-state index contributed by atoms with van der Waals surface area (Å²) >= 11 is 0. The number of aryl methyl sites for hydroxylation is 1. The molecule has 2 heterocycles. The van der Waals surface area contributed by atoms with Crippen molar-refractivity contribution in [3.8, 4) is 11.6 Å². The van der Waals surface area contributed by atoms with Gasteiger partial charge < -0.3 is 8.94 Å². The van der Waals surface area contributed by atoms with Gasteiger partial charge in [0.25, 0.3) is 0 Å². The predicted octanol–water partition coefficient (Wildman–Crippen LogP) is 4.17. The number of sulfonamides is 1. The van der Waals surface area contributed by atoms with Gasteiger partial charge in [-0.3, -0.25) is 4.72 Å². The Balaban J connectivity index is 1.52. The molecular weight excluding hydrogens is 390 g/mol. The third-order valence-electron chi connectivity index (χ3n) is 4.27. The van der Waals surface area contributed by atoms with Crippen LogP contribution in [-0.2, 0) is 22.2 Å². The summed E-state index contributed by atoms with van der Waals surface area (Å²) in [6.45, 7) is 1.93. The maximum atomic E-state index is 12.7. The minimum absolute atomic E-state index is 0.105. The van der Waals surface area contributed by atoms with Gasteiger partial charge in [0.15, 0.2) is 5.76 Å². The third-order valence-corrected chi connectivity index (χ3v) is 5.52. The molecule has 2 aromatic carbocycles. The second kappa shape index (κ2) is 7.92. The number of nitrogens with zero attached hydrogens (tertiary/aromatic N) is 2. The number of rotatable bonds is 7. The van der Waals surface area contributed by atoms with Gasteiger partial charge in [-0.05, 0) is 36.2 Å². The molecule has 4 rings (SSSR count). The fourth-order valence-electron chi connectivity index (χ4n) is 2.99. The number of hydrogen-bond donors (Lipinski definition) is 1. The van der Waals surface area contributed by atoms with Gasteiger partial charge >= 0.3 is 0 Å². The number of furan rings is 1. The molecule has 148 valence electrons. The summed E-state index contributed by atoms with van der Waals surface area (Å²) < 4.78 is 38.6. The van der Waals surface area contributed by atoms with Gasteiger partial charge in [-0.15, -0.1) is 0 Å². The standard InChI is InChI=1S/C21H19N3O4S/c1-15-6-4-7-16(12-15)14-29(25,26)24-18-9-3-2-8-17(18)13-20-22-21(23-28-20)19-10-5-11-27-19/h2-12,24H,13-14H2,1H3. The maximum Gasteiger partial charge on any atom is 0.238 e. The molecule has 0 aliphatic carbocycles. The second-order valence-electron chi connectivity index (χ2n) is 6.67. The average molecular weight is 409 g/mol. The molecule has 0 atom stereocenters. The summed E-state index contributed by atoms with van der Waals surface area (Å²) in [6, 6.07) is 18.1. The number of nitrogens with one attached hydrogen (secondary N) is 1. The van der Waals surface area contributed by atoms with Crippen molar-refractivity contribution in [2.75, 3.05) is 4.72 Å². The van der Waals surface area contributed by atoms with E-state index in [0.29, 0.717) is 23.2 Å². The molecule has 29 heavy (non-hydrogen) atoms. The van der Waals surface area contributed by atoms with Crippen molar-refractivity contribution in [2.45, 2.75) is 19.1 Å². The number of hydrogen-bond acceptors (Lipinski definition) is 6. The van der Waals surface area contributed by atoms with Crippen LogP contribution in [0.25, 0.3) is 11.6 Å². The molecule has 0 bridgehead atoms. The summed E-state index contributed by atoms with van der Waals surface area (Å²) in [6.07, 6.45) is 1.82. The van der Waals surface area contributed by atoms with Gasteiger partial charge in [0.05, 0.1) is 24.1 Å². The molecule has 0 amide bonds. The Morgan fingerprint density at radius 1 is 1.03 bits per heavy atom. The Hall–Kier alpha value is -3.39. The summed E-state index contributed by atoms with van der Waals surface area (Å²) in [5.41, 5.74) is 2.96. The lowest BCUT2D eigenvalue weighted by Crippen LogP contribution is -2.16. The molecule has 0 saturated heterocycles. The quantitative estimate of drug-likeness (QED) is 0.492. The average Bonchev–Trinajstić information content (AvgIpc) is 3.34. The lowest BCUT2D eigenvalue weighted by atomic mass is 10.1. The Bertz CT molecular complexity index is 1210. The molecular formula is C21H19N3O4S. The summed E-state index contributed by atoms with van der Waals surface area (Å²) in [7, 11) is -3.58. The molecule has 0 spiro atoms. The van der Waals surface area contributed by atoms with E-state index in [1.54, 1.807) is 30.3 Å². The highest BCUT2D eigenvalue weighted by molar-refractivity contribution is 7.91. The largest absolute Gasteiger partial charge is 0.461 e. The van der Waals surface area contributed by atoms with Crippen LogP contribution >= 0.6 is 0 Å². The Morgan fingerprint density at radius 2 is 1.90 bits per heavy atom. The van der Waals surface area contributed by atoms with E-state index in [1.165, 1.54) is 6.26 Å². The van der Waals surface area contributed by atoms with Crippen molar-refractivity contribution < 1.29 is 17.4 Å². The van der Waals surface area contributed by atoms with E-state index in [-0.39, 0.29) is 12.2 Å². The van der Waals surface area contributed by atoms with Gasteiger partial charge in [0.2, 0.25) is 21.7 Å². The Morgan fingerprint density at radius 3 is 2.69 bits per heavy atom. The normalized spacial score (nSPS) is 11.5. The van der Waals surface area contributed by atoms with E-state index in [2.05, 4.69) is 14.9 Å². The van der Waals surface area contributed by atoms with Crippen LogP contribution in [0.15, 0.2) is 75.9 Å². The fraction of sp³-hybridized carbons (Fsp3) is 0.143. The van der Waals surface area contributed by atoms with Gasteiger partial charge in [0.1, 0.15) is 0 Å². The zero-order valence-corrected chi connectivity index (χ0v) is 16.5. The molecule has 0 aliphatic rings. The Labute approximate surface area is 168 Å². The lowest BCUT2D eigenvalue weighted by Gasteiger charge is -2.12. The molecule has 0 aliphatic heterocycles. The molecule has 8 heteroatoms. The SMILES string of the molecule is Cc1cccc(CS(=O)(=O)Nc2ccccc2Cc2nc(-c3ccco3)no2)c1. The van der Waals surface area contributed by atoms with E-state index >= 15 is 0 Å². The van der Waals surface area contributed by atoms with Crippen LogP contribution in [0, 0.1) is 6.92 Å². The van der Waals surface area contributed by atoms with E-state index in [4.69, 9.17) is 8.94 Å². The van der Waals surface area contributed by atoms with E-state index in [1.807, 2.05) is 37.3 Å². The summed E-state index contributed by atoms with van der Waals surface area (Å²) in [5, 5.41) is 3.90. The van der Waals surface area contributed by atoms with Gasteiger partial charge in [-0.2, -0.15) is 4.98 Å².